The molecular weight excluding hydrogens is 196 g/mol. The molecule has 0 radical (unpaired) electrons. The fourth-order valence-corrected chi connectivity index (χ4v) is 3.10. The number of hydrogen-bond acceptors (Lipinski definition) is 2. The predicted octanol–water partition coefficient (Wildman–Crippen LogP) is 2.10. The van der Waals surface area contributed by atoms with Gasteiger partial charge < -0.3 is 5.73 Å². The lowest BCUT2D eigenvalue weighted by molar-refractivity contribution is 0.179. The van der Waals surface area contributed by atoms with Crippen LogP contribution in [-0.4, -0.2) is 23.5 Å². The van der Waals surface area contributed by atoms with Gasteiger partial charge in [-0.05, 0) is 36.9 Å². The van der Waals surface area contributed by atoms with Crippen LogP contribution in [0, 0.1) is 0 Å². The van der Waals surface area contributed by atoms with Crippen molar-refractivity contribution in [2.24, 2.45) is 5.73 Å². The first-order valence-corrected chi connectivity index (χ1v) is 6.40. The van der Waals surface area contributed by atoms with Gasteiger partial charge in [-0.3, -0.25) is 4.90 Å². The second kappa shape index (κ2) is 3.86. The zero-order valence-corrected chi connectivity index (χ0v) is 9.89. The number of benzene rings is 1. The summed E-state index contributed by atoms with van der Waals surface area (Å²) in [6, 6.07) is 10.2. The quantitative estimate of drug-likeness (QED) is 0.838. The van der Waals surface area contributed by atoms with E-state index >= 15 is 0 Å². The van der Waals surface area contributed by atoms with E-state index in [0.29, 0.717) is 6.04 Å². The summed E-state index contributed by atoms with van der Waals surface area (Å²) in [6.45, 7) is 3.39. The summed E-state index contributed by atoms with van der Waals surface area (Å²) in [5.74, 6) is 0. The SMILES string of the molecule is CCN(C1CC1)C1Cc2ccccc2C1N. The Hall–Kier alpha value is -0.860. The molecule has 2 aliphatic rings. The van der Waals surface area contributed by atoms with Gasteiger partial charge in [0.2, 0.25) is 0 Å². The molecule has 2 unspecified atom stereocenters. The van der Waals surface area contributed by atoms with Crippen LogP contribution in [0.3, 0.4) is 0 Å². The minimum absolute atomic E-state index is 0.219. The van der Waals surface area contributed by atoms with Gasteiger partial charge in [0.25, 0.3) is 0 Å². The maximum atomic E-state index is 6.39. The Balaban J connectivity index is 1.85. The first-order chi connectivity index (χ1) is 7.81. The third-order valence-corrected chi connectivity index (χ3v) is 4.06. The summed E-state index contributed by atoms with van der Waals surface area (Å²) in [4.78, 5) is 2.62. The van der Waals surface area contributed by atoms with E-state index in [1.54, 1.807) is 0 Å². The summed E-state index contributed by atoms with van der Waals surface area (Å²) in [5, 5.41) is 0. The lowest BCUT2D eigenvalue weighted by Crippen LogP contribution is -2.42. The van der Waals surface area contributed by atoms with E-state index < -0.39 is 0 Å². The van der Waals surface area contributed by atoms with Crippen LogP contribution >= 0.6 is 0 Å². The number of rotatable bonds is 3. The molecule has 0 heterocycles. The second-order valence-electron chi connectivity index (χ2n) is 5.06. The Morgan fingerprint density at radius 2 is 2.06 bits per heavy atom. The third kappa shape index (κ3) is 1.57. The third-order valence-electron chi connectivity index (χ3n) is 4.06. The Morgan fingerprint density at radius 1 is 1.31 bits per heavy atom. The highest BCUT2D eigenvalue weighted by Gasteiger charge is 2.39. The van der Waals surface area contributed by atoms with Gasteiger partial charge in [0, 0.05) is 18.1 Å². The molecule has 2 nitrogen and oxygen atoms in total. The molecule has 3 rings (SSSR count). The second-order valence-corrected chi connectivity index (χ2v) is 5.06. The number of hydrogen-bond donors (Lipinski definition) is 1. The molecule has 2 atom stereocenters. The summed E-state index contributed by atoms with van der Waals surface area (Å²) >= 11 is 0. The minimum atomic E-state index is 0.219. The normalized spacial score (nSPS) is 28.4. The van der Waals surface area contributed by atoms with Crippen molar-refractivity contribution in [1.82, 2.24) is 4.90 Å². The van der Waals surface area contributed by atoms with Crippen molar-refractivity contribution in [1.29, 1.82) is 0 Å². The van der Waals surface area contributed by atoms with Crippen molar-refractivity contribution in [3.8, 4) is 0 Å². The Labute approximate surface area is 97.4 Å². The molecule has 1 fully saturated rings. The molecule has 2 N–H and O–H groups in total. The molecule has 1 saturated carbocycles. The van der Waals surface area contributed by atoms with Crippen molar-refractivity contribution in [2.45, 2.75) is 44.3 Å². The summed E-state index contributed by atoms with van der Waals surface area (Å²) < 4.78 is 0. The molecule has 86 valence electrons. The summed E-state index contributed by atoms with van der Waals surface area (Å²) in [5.41, 5.74) is 9.22. The molecule has 0 saturated heterocycles. The van der Waals surface area contributed by atoms with Crippen LogP contribution in [0.2, 0.25) is 0 Å². The lowest BCUT2D eigenvalue weighted by Gasteiger charge is -2.30. The molecule has 1 aromatic rings. The van der Waals surface area contributed by atoms with E-state index in [1.165, 1.54) is 24.0 Å². The number of nitrogens with zero attached hydrogens (tertiary/aromatic N) is 1. The highest BCUT2D eigenvalue weighted by Crippen LogP contribution is 2.38. The van der Waals surface area contributed by atoms with E-state index in [1.807, 2.05) is 0 Å². The van der Waals surface area contributed by atoms with Crippen LogP contribution in [0.5, 0.6) is 0 Å². The van der Waals surface area contributed by atoms with Gasteiger partial charge in [-0.2, -0.15) is 0 Å². The monoisotopic (exact) mass is 216 g/mol. The molecule has 0 spiro atoms. The largest absolute Gasteiger partial charge is 0.323 e. The van der Waals surface area contributed by atoms with Crippen molar-refractivity contribution in [3.63, 3.8) is 0 Å². The van der Waals surface area contributed by atoms with Gasteiger partial charge in [0.1, 0.15) is 0 Å². The Kier molecular flexibility index (Phi) is 2.49. The van der Waals surface area contributed by atoms with E-state index in [4.69, 9.17) is 5.73 Å². The van der Waals surface area contributed by atoms with Crippen LogP contribution in [0.25, 0.3) is 0 Å². The maximum absolute atomic E-state index is 6.39. The van der Waals surface area contributed by atoms with Crippen LogP contribution in [0.1, 0.15) is 36.9 Å². The van der Waals surface area contributed by atoms with Crippen molar-refractivity contribution < 1.29 is 0 Å². The molecule has 2 heteroatoms. The molecule has 0 bridgehead atoms. The van der Waals surface area contributed by atoms with Gasteiger partial charge in [-0.25, -0.2) is 0 Å². The molecule has 0 aliphatic heterocycles. The predicted molar refractivity (Wildman–Crippen MR) is 66.3 cm³/mol. The molecule has 2 aliphatic carbocycles. The summed E-state index contributed by atoms with van der Waals surface area (Å²) in [6.07, 6.45) is 3.88. The Bertz CT molecular complexity index is 384. The number of likely N-dealkylation sites (N-methyl/N-ethyl adjacent to an activating group) is 1. The van der Waals surface area contributed by atoms with Crippen LogP contribution in [0.15, 0.2) is 24.3 Å². The first kappa shape index (κ1) is 10.3. The van der Waals surface area contributed by atoms with E-state index in [9.17, 15) is 0 Å². The smallest absolute Gasteiger partial charge is 0.0459 e. The van der Waals surface area contributed by atoms with Gasteiger partial charge in [-0.15, -0.1) is 0 Å². The zero-order valence-electron chi connectivity index (χ0n) is 9.89. The fraction of sp³-hybridized carbons (Fsp3) is 0.571. The lowest BCUT2D eigenvalue weighted by atomic mass is 10.1. The van der Waals surface area contributed by atoms with E-state index in [2.05, 4.69) is 36.1 Å². The van der Waals surface area contributed by atoms with Crippen molar-refractivity contribution in [2.75, 3.05) is 6.54 Å². The van der Waals surface area contributed by atoms with Crippen molar-refractivity contribution >= 4 is 0 Å². The van der Waals surface area contributed by atoms with Gasteiger partial charge >= 0.3 is 0 Å². The molecular formula is C14H20N2. The topological polar surface area (TPSA) is 29.3 Å². The van der Waals surface area contributed by atoms with Crippen LogP contribution in [0.4, 0.5) is 0 Å². The fourth-order valence-electron chi connectivity index (χ4n) is 3.10. The van der Waals surface area contributed by atoms with Gasteiger partial charge in [-0.1, -0.05) is 31.2 Å². The maximum Gasteiger partial charge on any atom is 0.0459 e. The van der Waals surface area contributed by atoms with E-state index in [-0.39, 0.29) is 6.04 Å². The van der Waals surface area contributed by atoms with Gasteiger partial charge in [0.05, 0.1) is 0 Å². The Morgan fingerprint density at radius 3 is 2.69 bits per heavy atom. The number of fused-ring (bicyclic) bond motifs is 1. The molecule has 0 amide bonds. The van der Waals surface area contributed by atoms with Crippen LogP contribution in [-0.2, 0) is 6.42 Å². The van der Waals surface area contributed by atoms with Gasteiger partial charge in [0.15, 0.2) is 0 Å². The van der Waals surface area contributed by atoms with Crippen LogP contribution < -0.4 is 5.73 Å². The molecule has 1 aromatic carbocycles. The zero-order chi connectivity index (χ0) is 11.1. The molecule has 16 heavy (non-hydrogen) atoms. The number of nitrogens with two attached hydrogens (primary N) is 1. The average molecular weight is 216 g/mol. The van der Waals surface area contributed by atoms with E-state index in [0.717, 1.165) is 19.0 Å². The summed E-state index contributed by atoms with van der Waals surface area (Å²) in [7, 11) is 0. The standard InChI is InChI=1S/C14H20N2/c1-2-16(11-7-8-11)13-9-10-5-3-4-6-12(10)14(13)15/h3-6,11,13-14H,2,7-9,15H2,1H3. The first-order valence-electron chi connectivity index (χ1n) is 6.40. The van der Waals surface area contributed by atoms with Crippen molar-refractivity contribution in [3.05, 3.63) is 35.4 Å². The highest BCUT2D eigenvalue weighted by molar-refractivity contribution is 5.37. The minimum Gasteiger partial charge on any atom is -0.323 e. The highest BCUT2D eigenvalue weighted by atomic mass is 15.2. The molecule has 0 aromatic heterocycles. The average Bonchev–Trinajstić information content (AvgIpc) is 3.08.